The second-order valence-corrected chi connectivity index (χ2v) is 12.1. The summed E-state index contributed by atoms with van der Waals surface area (Å²) < 4.78 is 4.24. The summed E-state index contributed by atoms with van der Waals surface area (Å²) in [5.74, 6) is 0.204. The summed E-state index contributed by atoms with van der Waals surface area (Å²) in [6.07, 6.45) is 9.50. The fraction of sp³-hybridized carbons (Fsp3) is 0.314. The molecule has 2 aromatic carbocycles. The van der Waals surface area contributed by atoms with Crippen LogP contribution in [0.25, 0.3) is 33.3 Å². The van der Waals surface area contributed by atoms with Gasteiger partial charge in [0.15, 0.2) is 0 Å². The summed E-state index contributed by atoms with van der Waals surface area (Å²) in [5.41, 5.74) is 11.0. The lowest BCUT2D eigenvalue weighted by atomic mass is 9.98. The number of nitrogens with one attached hydrogen (secondary N) is 2. The number of para-hydroxylation sites is 1. The molecule has 4 heterocycles. The van der Waals surface area contributed by atoms with Crippen LogP contribution in [0.1, 0.15) is 23.2 Å². The van der Waals surface area contributed by atoms with Crippen molar-refractivity contribution in [2.75, 3.05) is 49.8 Å². The van der Waals surface area contributed by atoms with E-state index in [-0.39, 0.29) is 5.91 Å². The lowest BCUT2D eigenvalue weighted by Gasteiger charge is -2.25. The Kier molecular flexibility index (Phi) is 8.16. The van der Waals surface area contributed by atoms with E-state index in [4.69, 9.17) is 9.97 Å². The molecule has 0 fully saturated rings. The molecule has 0 bridgehead atoms. The van der Waals surface area contributed by atoms with Crippen LogP contribution >= 0.6 is 0 Å². The number of hydrogen-bond acceptors (Lipinski definition) is 7. The quantitative estimate of drug-likeness (QED) is 0.191. The van der Waals surface area contributed by atoms with E-state index in [0.717, 1.165) is 77.5 Å². The van der Waals surface area contributed by atoms with Gasteiger partial charge in [-0.05, 0) is 70.1 Å². The predicted molar refractivity (Wildman–Crippen MR) is 183 cm³/mol. The third-order valence-electron chi connectivity index (χ3n) is 8.72. The van der Waals surface area contributed by atoms with Gasteiger partial charge in [0, 0.05) is 79.6 Å². The van der Waals surface area contributed by atoms with Gasteiger partial charge in [-0.3, -0.25) is 9.48 Å². The molecule has 1 aliphatic heterocycles. The fourth-order valence-corrected chi connectivity index (χ4v) is 6.07. The molecular formula is C35H41N9O. The molecule has 1 aliphatic rings. The molecule has 10 heteroatoms. The molecule has 0 saturated heterocycles. The predicted octanol–water partition coefficient (Wildman–Crippen LogP) is 5.93. The highest BCUT2D eigenvalue weighted by Gasteiger charge is 2.23. The summed E-state index contributed by atoms with van der Waals surface area (Å²) in [7, 11) is 8.07. The molecule has 0 radical (unpaired) electrons. The van der Waals surface area contributed by atoms with Crippen LogP contribution in [0, 0.1) is 13.8 Å². The molecule has 3 aromatic heterocycles. The van der Waals surface area contributed by atoms with E-state index < -0.39 is 0 Å². The Morgan fingerprint density at radius 2 is 1.89 bits per heavy atom. The van der Waals surface area contributed by atoms with Gasteiger partial charge in [0.25, 0.3) is 0 Å². The lowest BCUT2D eigenvalue weighted by Crippen LogP contribution is -2.29. The third-order valence-corrected chi connectivity index (χ3v) is 8.72. The van der Waals surface area contributed by atoms with Gasteiger partial charge in [0.1, 0.15) is 0 Å². The van der Waals surface area contributed by atoms with E-state index in [1.807, 2.05) is 58.3 Å². The lowest BCUT2D eigenvalue weighted by molar-refractivity contribution is -0.111. The molecule has 2 N–H and O–H groups in total. The molecule has 1 amide bonds. The maximum atomic E-state index is 12.4. The Hall–Kier alpha value is -4.96. The minimum atomic E-state index is -0.269. The highest BCUT2D eigenvalue weighted by Crippen LogP contribution is 2.40. The van der Waals surface area contributed by atoms with Crippen LogP contribution in [-0.4, -0.2) is 69.4 Å². The largest absolute Gasteiger partial charge is 0.372 e. The van der Waals surface area contributed by atoms with Gasteiger partial charge in [-0.2, -0.15) is 5.10 Å². The van der Waals surface area contributed by atoms with Crippen LogP contribution in [-0.2, 0) is 24.8 Å². The number of hydrogen-bond donors (Lipinski definition) is 2. The Balaban J connectivity index is 1.45. The number of likely N-dealkylation sites (N-methyl/N-ethyl adjacent to an activating group) is 2. The van der Waals surface area contributed by atoms with Crippen molar-refractivity contribution in [2.45, 2.75) is 33.2 Å². The zero-order chi connectivity index (χ0) is 31.8. The van der Waals surface area contributed by atoms with E-state index in [1.165, 1.54) is 22.5 Å². The number of aryl methyl sites for hydroxylation is 4. The molecule has 0 atom stereocenters. The van der Waals surface area contributed by atoms with Crippen molar-refractivity contribution in [3.8, 4) is 22.4 Å². The minimum absolute atomic E-state index is 0.269. The first-order valence-electron chi connectivity index (χ1n) is 15.3. The van der Waals surface area contributed by atoms with E-state index in [0.29, 0.717) is 11.6 Å². The van der Waals surface area contributed by atoms with Gasteiger partial charge < -0.3 is 25.0 Å². The summed E-state index contributed by atoms with van der Waals surface area (Å²) in [6.45, 7) is 10.4. The van der Waals surface area contributed by atoms with E-state index in [9.17, 15) is 4.79 Å². The summed E-state index contributed by atoms with van der Waals surface area (Å²) >= 11 is 0. The Morgan fingerprint density at radius 3 is 2.62 bits per heavy atom. The van der Waals surface area contributed by atoms with Crippen LogP contribution in [0.2, 0.25) is 0 Å². The first kappa shape index (κ1) is 30.1. The van der Waals surface area contributed by atoms with Crippen molar-refractivity contribution >= 4 is 39.8 Å². The monoisotopic (exact) mass is 603 g/mol. The van der Waals surface area contributed by atoms with Crippen LogP contribution in [0.3, 0.4) is 0 Å². The van der Waals surface area contributed by atoms with Gasteiger partial charge in [-0.15, -0.1) is 0 Å². The molecule has 10 nitrogen and oxygen atoms in total. The first-order valence-corrected chi connectivity index (χ1v) is 15.3. The van der Waals surface area contributed by atoms with Crippen molar-refractivity contribution in [3.63, 3.8) is 0 Å². The molecule has 0 unspecified atom stereocenters. The van der Waals surface area contributed by atoms with E-state index in [2.05, 4.69) is 74.1 Å². The van der Waals surface area contributed by atoms with Crippen molar-refractivity contribution in [3.05, 3.63) is 78.4 Å². The number of amides is 1. The van der Waals surface area contributed by atoms with Crippen molar-refractivity contribution in [2.24, 2.45) is 7.05 Å². The van der Waals surface area contributed by atoms with Crippen LogP contribution in [0.4, 0.5) is 23.0 Å². The average molecular weight is 604 g/mol. The van der Waals surface area contributed by atoms with Crippen LogP contribution in [0.15, 0.2) is 61.6 Å². The number of rotatable bonds is 10. The molecule has 0 aliphatic carbocycles. The van der Waals surface area contributed by atoms with Gasteiger partial charge in [-0.25, -0.2) is 9.97 Å². The van der Waals surface area contributed by atoms with E-state index >= 15 is 0 Å². The summed E-state index contributed by atoms with van der Waals surface area (Å²) in [5, 5.41) is 12.2. The molecule has 6 rings (SSSR count). The average Bonchev–Trinajstić information content (AvgIpc) is 3.57. The molecule has 232 valence electrons. The minimum Gasteiger partial charge on any atom is -0.372 e. The third kappa shape index (κ3) is 5.81. The zero-order valence-corrected chi connectivity index (χ0v) is 27.0. The smallest absolute Gasteiger partial charge is 0.247 e. The number of carbonyl (C=O) groups is 1. The van der Waals surface area contributed by atoms with Gasteiger partial charge in [0.2, 0.25) is 11.9 Å². The maximum Gasteiger partial charge on any atom is 0.247 e. The fourth-order valence-electron chi connectivity index (χ4n) is 6.07. The van der Waals surface area contributed by atoms with Crippen molar-refractivity contribution in [1.29, 1.82) is 0 Å². The SMILES string of the molecule is C=CC(=O)Nc1cc(Nc2ncc(-c3cnn(C)c3C)c(-c3cn4c5c(cccc35)CCC4)n2)c(C)cc1N(C)CCN(C)C. The second-order valence-electron chi connectivity index (χ2n) is 12.1. The van der Waals surface area contributed by atoms with Gasteiger partial charge in [-0.1, -0.05) is 24.8 Å². The van der Waals surface area contributed by atoms with Crippen molar-refractivity contribution in [1.82, 2.24) is 29.2 Å². The Morgan fingerprint density at radius 1 is 1.07 bits per heavy atom. The normalized spacial score (nSPS) is 12.5. The molecule has 5 aromatic rings. The Bertz CT molecular complexity index is 1920. The van der Waals surface area contributed by atoms with Crippen molar-refractivity contribution < 1.29 is 4.79 Å². The van der Waals surface area contributed by atoms with Crippen LogP contribution in [0.5, 0.6) is 0 Å². The zero-order valence-electron chi connectivity index (χ0n) is 27.0. The van der Waals surface area contributed by atoms with E-state index in [1.54, 1.807) is 0 Å². The molecular weight excluding hydrogens is 562 g/mol. The second kappa shape index (κ2) is 12.2. The summed E-state index contributed by atoms with van der Waals surface area (Å²) in [6, 6.07) is 10.6. The van der Waals surface area contributed by atoms with Crippen LogP contribution < -0.4 is 15.5 Å². The maximum absolute atomic E-state index is 12.4. The molecule has 0 saturated carbocycles. The number of benzene rings is 2. The standard InChI is InChI=1S/C35H41N9O/c1-8-32(45)38-30-18-29(22(2)17-31(30)42(6)16-15-41(4)5)39-35-36-19-27(26-20-37-43(7)23(26)3)33(40-35)28-21-44-14-10-12-24-11-9-13-25(28)34(24)44/h8-9,11,13,17-21H,1,10,12,14-16H2,2-7H3,(H,38,45)(H,36,39,40). The highest BCUT2D eigenvalue weighted by molar-refractivity contribution is 6.02. The van der Waals surface area contributed by atoms with Gasteiger partial charge in [0.05, 0.1) is 28.8 Å². The number of carbonyl (C=O) groups excluding carboxylic acids is 1. The highest BCUT2D eigenvalue weighted by atomic mass is 16.1. The molecule has 45 heavy (non-hydrogen) atoms. The molecule has 0 spiro atoms. The summed E-state index contributed by atoms with van der Waals surface area (Å²) in [4.78, 5) is 26.7. The Labute approximate surface area is 264 Å². The number of aromatic nitrogens is 5. The van der Waals surface area contributed by atoms with Gasteiger partial charge >= 0.3 is 0 Å². The first-order chi connectivity index (χ1) is 21.6. The topological polar surface area (TPSA) is 96.1 Å². The number of nitrogens with zero attached hydrogens (tertiary/aromatic N) is 7. The number of anilines is 4.